The second kappa shape index (κ2) is 21.3. The quantitative estimate of drug-likeness (QED) is 0.477. The highest BCUT2D eigenvalue weighted by molar-refractivity contribution is 4.47. The van der Waals surface area contributed by atoms with E-state index in [1.54, 1.807) is 0 Å². The van der Waals surface area contributed by atoms with Crippen molar-refractivity contribution in [3.8, 4) is 0 Å². The summed E-state index contributed by atoms with van der Waals surface area (Å²) in [6.07, 6.45) is 16.3. The minimum Gasteiger partial charge on any atom is -0.330 e. The Labute approximate surface area is 111 Å². The first-order valence-corrected chi connectivity index (χ1v) is 7.82. The molecule has 0 rings (SSSR count). The normalized spacial score (nSPS) is 9.88. The zero-order valence-electron chi connectivity index (χ0n) is 12.5. The lowest BCUT2D eigenvalue weighted by Crippen LogP contribution is -1.95. The fraction of sp³-hybridized carbons (Fsp3) is 0.938. The van der Waals surface area contributed by atoms with Gasteiger partial charge in [0.15, 0.2) is 0 Å². The van der Waals surface area contributed by atoms with Crippen molar-refractivity contribution in [1.29, 1.82) is 0 Å². The van der Waals surface area contributed by atoms with E-state index in [1.807, 2.05) is 0 Å². The lowest BCUT2D eigenvalue weighted by atomic mass is 10.1. The van der Waals surface area contributed by atoms with Gasteiger partial charge in [0.1, 0.15) is 0 Å². The monoisotopic (exact) mass is 242 g/mol. The molecule has 0 saturated heterocycles. The van der Waals surface area contributed by atoms with Gasteiger partial charge in [-0.15, -0.1) is 0 Å². The molecule has 105 valence electrons. The van der Waals surface area contributed by atoms with Crippen LogP contribution in [0.5, 0.6) is 0 Å². The molecule has 0 aromatic rings. The van der Waals surface area contributed by atoms with Crippen LogP contribution in [0, 0.1) is 6.92 Å². The molecule has 0 aromatic heterocycles. The predicted molar refractivity (Wildman–Crippen MR) is 81.2 cm³/mol. The van der Waals surface area contributed by atoms with Crippen LogP contribution in [0.2, 0.25) is 0 Å². The van der Waals surface area contributed by atoms with Crippen LogP contribution < -0.4 is 5.73 Å². The summed E-state index contributed by atoms with van der Waals surface area (Å²) >= 11 is 0. The third-order valence-electron chi connectivity index (χ3n) is 2.91. The first kappa shape index (κ1) is 19.3. The zero-order valence-corrected chi connectivity index (χ0v) is 12.5. The van der Waals surface area contributed by atoms with Crippen LogP contribution in [0.25, 0.3) is 0 Å². The molecule has 0 unspecified atom stereocenters. The Balaban J connectivity index is 0. The molecule has 0 bridgehead atoms. The molecule has 0 aliphatic carbocycles. The van der Waals surface area contributed by atoms with E-state index >= 15 is 0 Å². The van der Waals surface area contributed by atoms with Crippen molar-refractivity contribution in [2.45, 2.75) is 90.9 Å². The summed E-state index contributed by atoms with van der Waals surface area (Å²) in [4.78, 5) is 0. The summed E-state index contributed by atoms with van der Waals surface area (Å²) in [5.74, 6) is 0. The van der Waals surface area contributed by atoms with Crippen LogP contribution in [-0.2, 0) is 0 Å². The summed E-state index contributed by atoms with van der Waals surface area (Å²) in [6.45, 7) is 9.09. The molecule has 0 heterocycles. The average molecular weight is 242 g/mol. The Hall–Kier alpha value is -0.0400. The topological polar surface area (TPSA) is 26.0 Å². The Bertz CT molecular complexity index is 89.7. The first-order chi connectivity index (χ1) is 8.33. The van der Waals surface area contributed by atoms with E-state index in [0.29, 0.717) is 0 Å². The van der Waals surface area contributed by atoms with Crippen molar-refractivity contribution >= 4 is 0 Å². The number of hydrogen-bond donors (Lipinski definition) is 1. The third-order valence-corrected chi connectivity index (χ3v) is 2.91. The maximum atomic E-state index is 5.14. The van der Waals surface area contributed by atoms with E-state index in [1.165, 1.54) is 70.6 Å². The van der Waals surface area contributed by atoms with E-state index in [0.717, 1.165) is 13.0 Å². The molecular weight excluding hydrogens is 206 g/mol. The summed E-state index contributed by atoms with van der Waals surface area (Å²) in [6, 6.07) is 0. The van der Waals surface area contributed by atoms with Crippen molar-refractivity contribution < 1.29 is 0 Å². The second-order valence-corrected chi connectivity index (χ2v) is 4.82. The lowest BCUT2D eigenvalue weighted by Gasteiger charge is -1.99. The van der Waals surface area contributed by atoms with Crippen LogP contribution >= 0.6 is 0 Å². The van der Waals surface area contributed by atoms with Gasteiger partial charge in [-0.3, -0.25) is 0 Å². The first-order valence-electron chi connectivity index (χ1n) is 7.82. The second-order valence-electron chi connectivity index (χ2n) is 4.82. The fourth-order valence-electron chi connectivity index (χ4n) is 1.69. The summed E-state index contributed by atoms with van der Waals surface area (Å²) in [7, 11) is 0. The Morgan fingerprint density at radius 3 is 1.35 bits per heavy atom. The molecule has 0 aromatic carbocycles. The third kappa shape index (κ3) is 25.9. The van der Waals surface area contributed by atoms with Crippen molar-refractivity contribution in [1.82, 2.24) is 0 Å². The van der Waals surface area contributed by atoms with Gasteiger partial charge >= 0.3 is 0 Å². The summed E-state index contributed by atoms with van der Waals surface area (Å²) in [5.41, 5.74) is 5.14. The largest absolute Gasteiger partial charge is 0.330 e. The highest BCUT2D eigenvalue weighted by atomic mass is 14.5. The smallest absolute Gasteiger partial charge is 0.00774 e. The Kier molecular flexibility index (Phi) is 24.1. The van der Waals surface area contributed by atoms with E-state index in [4.69, 9.17) is 5.73 Å². The molecule has 0 atom stereocenters. The van der Waals surface area contributed by atoms with E-state index in [-0.39, 0.29) is 0 Å². The van der Waals surface area contributed by atoms with E-state index < -0.39 is 0 Å². The van der Waals surface area contributed by atoms with E-state index in [2.05, 4.69) is 20.8 Å². The van der Waals surface area contributed by atoms with Crippen molar-refractivity contribution in [2.75, 3.05) is 6.54 Å². The van der Waals surface area contributed by atoms with Crippen LogP contribution in [0.1, 0.15) is 90.9 Å². The molecule has 17 heavy (non-hydrogen) atoms. The van der Waals surface area contributed by atoms with Crippen LogP contribution in [-0.4, -0.2) is 6.54 Å². The van der Waals surface area contributed by atoms with Gasteiger partial charge in [0.2, 0.25) is 0 Å². The molecule has 1 heteroatoms. The van der Waals surface area contributed by atoms with Crippen molar-refractivity contribution in [3.05, 3.63) is 6.92 Å². The molecule has 1 radical (unpaired) electrons. The lowest BCUT2D eigenvalue weighted by molar-refractivity contribution is 0.566. The van der Waals surface area contributed by atoms with Crippen LogP contribution in [0.4, 0.5) is 0 Å². The van der Waals surface area contributed by atoms with E-state index in [9.17, 15) is 0 Å². The van der Waals surface area contributed by atoms with Crippen LogP contribution in [0.15, 0.2) is 0 Å². The fourth-order valence-corrected chi connectivity index (χ4v) is 1.69. The highest BCUT2D eigenvalue weighted by Crippen LogP contribution is 2.09. The minimum atomic E-state index is 0.844. The molecule has 2 N–H and O–H groups in total. The Morgan fingerprint density at radius 1 is 0.647 bits per heavy atom. The van der Waals surface area contributed by atoms with Gasteiger partial charge in [0.25, 0.3) is 0 Å². The average Bonchev–Trinajstić information content (AvgIpc) is 2.34. The maximum absolute atomic E-state index is 5.14. The number of nitrogens with two attached hydrogens (primary N) is 1. The van der Waals surface area contributed by atoms with Gasteiger partial charge < -0.3 is 5.73 Å². The molecule has 0 aliphatic rings. The van der Waals surface area contributed by atoms with Crippen molar-refractivity contribution in [3.63, 3.8) is 0 Å². The molecule has 0 aliphatic heterocycles. The predicted octanol–water partition coefficient (Wildman–Crippen LogP) is 5.49. The molecule has 0 amide bonds. The van der Waals surface area contributed by atoms with Gasteiger partial charge in [-0.05, 0) is 13.0 Å². The SMILES string of the molecule is CCCCN.[CH2]CCCCCCCCCCC. The number of rotatable bonds is 11. The van der Waals surface area contributed by atoms with Gasteiger partial charge in [0.05, 0.1) is 0 Å². The Morgan fingerprint density at radius 2 is 1.06 bits per heavy atom. The maximum Gasteiger partial charge on any atom is -0.00774 e. The minimum absolute atomic E-state index is 0.844. The zero-order chi connectivity index (χ0) is 13.2. The molecule has 1 nitrogen and oxygen atoms in total. The van der Waals surface area contributed by atoms with Gasteiger partial charge in [-0.2, -0.15) is 0 Å². The molecule has 0 saturated carbocycles. The van der Waals surface area contributed by atoms with Gasteiger partial charge in [-0.25, -0.2) is 0 Å². The van der Waals surface area contributed by atoms with Gasteiger partial charge in [-0.1, -0.05) is 91.4 Å². The molecule has 0 spiro atoms. The molecular formula is C16H36N. The van der Waals surface area contributed by atoms with Crippen LogP contribution in [0.3, 0.4) is 0 Å². The number of unbranched alkanes of at least 4 members (excludes halogenated alkanes) is 10. The standard InChI is InChI=1S/C12H25.C4H11N/c1-3-5-7-9-11-12-10-8-6-4-2;1-2-3-4-5/h1,3-12H2,2H3;2-5H2,1H3. The summed E-state index contributed by atoms with van der Waals surface area (Å²) < 4.78 is 0. The van der Waals surface area contributed by atoms with Crippen molar-refractivity contribution in [2.24, 2.45) is 5.73 Å². The summed E-state index contributed by atoms with van der Waals surface area (Å²) in [5, 5.41) is 0. The highest BCUT2D eigenvalue weighted by Gasteiger charge is 1.90. The number of hydrogen-bond acceptors (Lipinski definition) is 1. The van der Waals surface area contributed by atoms with Gasteiger partial charge in [0, 0.05) is 0 Å². The molecule has 0 fully saturated rings.